The number of hydrogen-bond acceptors (Lipinski definition) is 5. The Labute approximate surface area is 143 Å². The Balaban J connectivity index is 1.90. The lowest BCUT2D eigenvalue weighted by molar-refractivity contribution is -0.130. The summed E-state index contributed by atoms with van der Waals surface area (Å²) >= 11 is 0. The molecule has 0 spiro atoms. The van der Waals surface area contributed by atoms with Gasteiger partial charge in [-0.05, 0) is 31.5 Å². The number of nitrogens with one attached hydrogen (secondary N) is 1. The molecule has 1 saturated heterocycles. The predicted octanol–water partition coefficient (Wildman–Crippen LogP) is -0.437. The quantitative estimate of drug-likeness (QED) is 0.634. The van der Waals surface area contributed by atoms with Crippen LogP contribution in [0.2, 0.25) is 0 Å². The Morgan fingerprint density at radius 3 is 2.76 bits per heavy atom. The third-order valence-electron chi connectivity index (χ3n) is 4.64. The van der Waals surface area contributed by atoms with E-state index < -0.39 is 23.4 Å². The number of nitrogens with two attached hydrogens (primary N) is 1. The van der Waals surface area contributed by atoms with Gasteiger partial charge in [-0.2, -0.15) is 0 Å². The van der Waals surface area contributed by atoms with Crippen molar-refractivity contribution >= 4 is 16.8 Å². The molecule has 2 heterocycles. The molecular weight excluding hydrogens is 324 g/mol. The summed E-state index contributed by atoms with van der Waals surface area (Å²) in [4.78, 5) is 40.4. The molecule has 2 atom stereocenters. The van der Waals surface area contributed by atoms with Gasteiger partial charge in [-0.15, -0.1) is 0 Å². The van der Waals surface area contributed by atoms with Crippen molar-refractivity contribution in [3.05, 3.63) is 45.1 Å². The smallest absolute Gasteiger partial charge is 0.329 e. The monoisotopic (exact) mass is 346 g/mol. The first-order valence-corrected chi connectivity index (χ1v) is 8.42. The van der Waals surface area contributed by atoms with Crippen LogP contribution >= 0.6 is 0 Å². The lowest BCUT2D eigenvalue weighted by atomic mass is 10.1. The van der Waals surface area contributed by atoms with E-state index in [1.807, 2.05) is 0 Å². The van der Waals surface area contributed by atoms with Crippen molar-refractivity contribution in [1.82, 2.24) is 14.5 Å². The van der Waals surface area contributed by atoms with E-state index in [9.17, 15) is 19.5 Å². The van der Waals surface area contributed by atoms with Gasteiger partial charge >= 0.3 is 5.69 Å². The minimum Gasteiger partial charge on any atom is -0.389 e. The molecule has 2 aromatic rings. The van der Waals surface area contributed by atoms with E-state index in [0.29, 0.717) is 30.3 Å². The van der Waals surface area contributed by atoms with E-state index in [1.165, 1.54) is 4.57 Å². The highest BCUT2D eigenvalue weighted by Crippen LogP contribution is 2.24. The molecule has 1 aliphatic heterocycles. The Morgan fingerprint density at radius 1 is 1.24 bits per heavy atom. The molecule has 4 N–H and O–H groups in total. The molecule has 8 heteroatoms. The standard InChI is InChI=1S/C17H22N4O4/c18-8-4-3-7-15(23)20-9-13(14(22)10-20)21-12-6-2-1-5-11(12)16(24)19-17(21)25/h1-2,5-6,13-14,22H,3-4,7-10,18H2,(H,19,24,25)/t13-,14-/m0/s1. The highest BCUT2D eigenvalue weighted by Gasteiger charge is 2.36. The van der Waals surface area contributed by atoms with Gasteiger partial charge in [-0.1, -0.05) is 12.1 Å². The third-order valence-corrected chi connectivity index (χ3v) is 4.64. The Kier molecular flexibility index (Phi) is 5.00. The molecule has 0 unspecified atom stereocenters. The summed E-state index contributed by atoms with van der Waals surface area (Å²) in [5.41, 5.74) is 4.86. The molecule has 1 amide bonds. The van der Waals surface area contributed by atoms with Crippen molar-refractivity contribution in [2.24, 2.45) is 5.73 Å². The maximum Gasteiger partial charge on any atom is 0.329 e. The summed E-state index contributed by atoms with van der Waals surface area (Å²) in [5.74, 6) is -0.0585. The van der Waals surface area contributed by atoms with Crippen LogP contribution in [0.4, 0.5) is 0 Å². The number of aliphatic hydroxyl groups is 1. The minimum atomic E-state index is -0.870. The number of aliphatic hydroxyl groups excluding tert-OH is 1. The second-order valence-electron chi connectivity index (χ2n) is 6.33. The predicted molar refractivity (Wildman–Crippen MR) is 93.4 cm³/mol. The van der Waals surface area contributed by atoms with Crippen molar-refractivity contribution in [2.45, 2.75) is 31.4 Å². The first-order chi connectivity index (χ1) is 12.0. The molecule has 1 aromatic carbocycles. The molecule has 3 rings (SSSR count). The zero-order chi connectivity index (χ0) is 18.0. The summed E-state index contributed by atoms with van der Waals surface area (Å²) in [5, 5.41) is 10.8. The van der Waals surface area contributed by atoms with Gasteiger partial charge in [-0.3, -0.25) is 19.1 Å². The number of carbonyl (C=O) groups excluding carboxylic acids is 1. The molecule has 0 bridgehead atoms. The van der Waals surface area contributed by atoms with Gasteiger partial charge in [0.15, 0.2) is 0 Å². The van der Waals surface area contributed by atoms with Crippen LogP contribution < -0.4 is 17.0 Å². The number of fused-ring (bicyclic) bond motifs is 1. The average molecular weight is 346 g/mol. The largest absolute Gasteiger partial charge is 0.389 e. The number of para-hydroxylation sites is 1. The number of likely N-dealkylation sites (tertiary alicyclic amines) is 1. The molecule has 1 fully saturated rings. The SMILES string of the molecule is NCCCCC(=O)N1C[C@H](O)[C@@H](n2c(=O)[nH]c(=O)c3ccccc32)C1. The number of β-amino-alcohol motifs (C(OH)–C–C–N with tert-alkyl or cyclic N) is 1. The van der Waals surface area contributed by atoms with E-state index in [2.05, 4.69) is 4.98 Å². The van der Waals surface area contributed by atoms with Crippen LogP contribution in [-0.4, -0.2) is 51.2 Å². The summed E-state index contributed by atoms with van der Waals surface area (Å²) in [7, 11) is 0. The second kappa shape index (κ2) is 7.20. The number of nitrogens with zero attached hydrogens (tertiary/aromatic N) is 2. The fourth-order valence-electron chi connectivity index (χ4n) is 3.34. The number of amides is 1. The minimum absolute atomic E-state index is 0.0585. The number of benzene rings is 1. The fourth-order valence-corrected chi connectivity index (χ4v) is 3.34. The van der Waals surface area contributed by atoms with Crippen LogP contribution in [0, 0.1) is 0 Å². The van der Waals surface area contributed by atoms with Gasteiger partial charge in [0, 0.05) is 19.5 Å². The second-order valence-corrected chi connectivity index (χ2v) is 6.33. The molecule has 0 radical (unpaired) electrons. The third kappa shape index (κ3) is 3.35. The van der Waals surface area contributed by atoms with Crippen LogP contribution in [0.25, 0.3) is 10.9 Å². The normalized spacial score (nSPS) is 20.3. The van der Waals surface area contributed by atoms with Gasteiger partial charge in [0.25, 0.3) is 5.56 Å². The molecule has 1 aromatic heterocycles. The molecule has 0 aliphatic carbocycles. The number of unbranched alkanes of at least 4 members (excludes halogenated alkanes) is 1. The van der Waals surface area contributed by atoms with Crippen LogP contribution in [0.5, 0.6) is 0 Å². The Bertz CT molecular complexity index is 888. The molecular formula is C17H22N4O4. The number of aromatic nitrogens is 2. The van der Waals surface area contributed by atoms with Crippen molar-refractivity contribution in [2.75, 3.05) is 19.6 Å². The maximum atomic E-state index is 12.4. The molecule has 0 saturated carbocycles. The van der Waals surface area contributed by atoms with Crippen LogP contribution in [0.3, 0.4) is 0 Å². The van der Waals surface area contributed by atoms with E-state index in [4.69, 9.17) is 5.73 Å². The molecule has 1 aliphatic rings. The van der Waals surface area contributed by atoms with Gasteiger partial charge in [-0.25, -0.2) is 4.79 Å². The van der Waals surface area contributed by atoms with Crippen molar-refractivity contribution in [3.63, 3.8) is 0 Å². The number of hydrogen-bond donors (Lipinski definition) is 3. The first-order valence-electron chi connectivity index (χ1n) is 8.42. The topological polar surface area (TPSA) is 121 Å². The number of carbonyl (C=O) groups is 1. The molecule has 134 valence electrons. The highest BCUT2D eigenvalue weighted by molar-refractivity contribution is 5.78. The Morgan fingerprint density at radius 2 is 2.00 bits per heavy atom. The summed E-state index contributed by atoms with van der Waals surface area (Å²) in [6.07, 6.45) is 0.979. The maximum absolute atomic E-state index is 12.4. The Hall–Kier alpha value is -2.45. The lowest BCUT2D eigenvalue weighted by Crippen LogP contribution is -2.37. The van der Waals surface area contributed by atoms with E-state index in [1.54, 1.807) is 29.2 Å². The summed E-state index contributed by atoms with van der Waals surface area (Å²) < 4.78 is 1.38. The van der Waals surface area contributed by atoms with Crippen LogP contribution in [0.1, 0.15) is 25.3 Å². The average Bonchev–Trinajstić information content (AvgIpc) is 2.97. The highest BCUT2D eigenvalue weighted by atomic mass is 16.3. The van der Waals surface area contributed by atoms with Gasteiger partial charge in [0.2, 0.25) is 5.91 Å². The van der Waals surface area contributed by atoms with Crippen LogP contribution in [-0.2, 0) is 4.79 Å². The van der Waals surface area contributed by atoms with Crippen LogP contribution in [0.15, 0.2) is 33.9 Å². The molecule has 8 nitrogen and oxygen atoms in total. The number of H-pyrrole nitrogens is 1. The number of aromatic amines is 1. The zero-order valence-electron chi connectivity index (χ0n) is 13.9. The van der Waals surface area contributed by atoms with Crippen molar-refractivity contribution in [3.8, 4) is 0 Å². The zero-order valence-corrected chi connectivity index (χ0v) is 13.9. The molecule has 25 heavy (non-hydrogen) atoms. The van der Waals surface area contributed by atoms with Gasteiger partial charge in [0.05, 0.1) is 23.0 Å². The van der Waals surface area contributed by atoms with E-state index >= 15 is 0 Å². The fraction of sp³-hybridized carbons (Fsp3) is 0.471. The van der Waals surface area contributed by atoms with Gasteiger partial charge < -0.3 is 15.7 Å². The van der Waals surface area contributed by atoms with Crippen molar-refractivity contribution < 1.29 is 9.90 Å². The van der Waals surface area contributed by atoms with E-state index in [-0.39, 0.29) is 19.0 Å². The number of rotatable bonds is 5. The summed E-state index contributed by atoms with van der Waals surface area (Å²) in [6.45, 7) is 0.946. The van der Waals surface area contributed by atoms with E-state index in [0.717, 1.165) is 6.42 Å². The lowest BCUT2D eigenvalue weighted by Gasteiger charge is -2.19. The first kappa shape index (κ1) is 17.4. The van der Waals surface area contributed by atoms with Crippen molar-refractivity contribution in [1.29, 1.82) is 0 Å². The summed E-state index contributed by atoms with van der Waals surface area (Å²) in [6, 6.07) is 6.15. The van der Waals surface area contributed by atoms with Gasteiger partial charge in [0.1, 0.15) is 0 Å².